The number of nitrogens with one attached hydrogen (secondary N) is 2. The first-order valence-corrected chi connectivity index (χ1v) is 14.1. The topological polar surface area (TPSA) is 113 Å². The monoisotopic (exact) mass is 549 g/mol. The van der Waals surface area contributed by atoms with Crippen molar-refractivity contribution in [3.8, 4) is 5.75 Å². The Morgan fingerprint density at radius 2 is 2.15 bits per heavy atom. The van der Waals surface area contributed by atoms with E-state index in [1.807, 2.05) is 31.2 Å². The number of thioether (sulfide) groups is 1. The summed E-state index contributed by atoms with van der Waals surface area (Å²) in [5, 5.41) is 6.35. The van der Waals surface area contributed by atoms with Crippen molar-refractivity contribution in [3.63, 3.8) is 0 Å². The van der Waals surface area contributed by atoms with E-state index in [1.54, 1.807) is 16.0 Å². The summed E-state index contributed by atoms with van der Waals surface area (Å²) in [4.78, 5) is 46.9. The molecule has 39 heavy (non-hydrogen) atoms. The van der Waals surface area contributed by atoms with Gasteiger partial charge in [0.2, 0.25) is 11.8 Å². The quantitative estimate of drug-likeness (QED) is 0.532. The molecule has 6 rings (SSSR count). The lowest BCUT2D eigenvalue weighted by atomic mass is 9.98. The summed E-state index contributed by atoms with van der Waals surface area (Å²) in [5.41, 5.74) is 3.19. The molecule has 0 bridgehead atoms. The van der Waals surface area contributed by atoms with Gasteiger partial charge in [0.25, 0.3) is 0 Å². The Morgan fingerprint density at radius 3 is 2.92 bits per heavy atom. The van der Waals surface area contributed by atoms with Gasteiger partial charge in [-0.1, -0.05) is 18.3 Å². The normalized spacial score (nSPS) is 25.6. The zero-order valence-electron chi connectivity index (χ0n) is 21.7. The fourth-order valence-corrected chi connectivity index (χ4v) is 6.96. The fourth-order valence-electron chi connectivity index (χ4n) is 5.72. The van der Waals surface area contributed by atoms with E-state index >= 15 is 0 Å². The molecule has 2 N–H and O–H groups in total. The zero-order chi connectivity index (χ0) is 27.1. The van der Waals surface area contributed by atoms with Crippen LogP contribution in [-0.2, 0) is 14.3 Å². The Balaban J connectivity index is 1.22. The Morgan fingerprint density at radius 1 is 1.28 bits per heavy atom. The third-order valence-electron chi connectivity index (χ3n) is 7.62. The molecule has 4 amide bonds. The number of amides is 4. The number of anilines is 2. The number of hydrogen-bond acceptors (Lipinski definition) is 7. The molecule has 2 fully saturated rings. The SMILES string of the molecule is C=CC(=O)N1CCC[C@@H](NC(=O)C2Sc3nccc4c3C2NC(=O)N4c2ccc(O[C@H]3CCOC3)cc2C)C1. The van der Waals surface area contributed by atoms with Gasteiger partial charge in [-0.25, -0.2) is 9.78 Å². The molecule has 2 unspecified atom stereocenters. The molecule has 2 saturated heterocycles. The number of nitrogens with zero attached hydrogens (tertiary/aromatic N) is 3. The van der Waals surface area contributed by atoms with Gasteiger partial charge in [0.05, 0.1) is 30.6 Å². The Hall–Kier alpha value is -3.57. The standard InChI is InChI=1S/C28H31N5O5S/c1-3-22(34)32-11-4-5-17(14-32)30-26(35)25-24-23-21(8-10-29-27(23)39-25)33(28(36)31-24)20-7-6-18(13-16(20)2)38-19-9-12-37-15-19/h3,6-8,10,13,17,19,24-25H,1,4-5,9,11-12,14-15H2,2H3,(H,30,35)(H,31,36)/t17-,19+,24?,25?/m1/s1. The molecule has 2 aromatic rings. The van der Waals surface area contributed by atoms with E-state index in [0.29, 0.717) is 26.3 Å². The number of carbonyl (C=O) groups excluding carboxylic acids is 3. The van der Waals surface area contributed by atoms with Crippen LogP contribution in [0.25, 0.3) is 0 Å². The van der Waals surface area contributed by atoms with Gasteiger partial charge in [0, 0.05) is 37.3 Å². The molecule has 4 atom stereocenters. The molecule has 5 heterocycles. The van der Waals surface area contributed by atoms with E-state index in [1.165, 1.54) is 17.8 Å². The van der Waals surface area contributed by atoms with Gasteiger partial charge in [-0.2, -0.15) is 0 Å². The summed E-state index contributed by atoms with van der Waals surface area (Å²) < 4.78 is 11.4. The molecule has 10 nitrogen and oxygen atoms in total. The van der Waals surface area contributed by atoms with Crippen LogP contribution in [0.3, 0.4) is 0 Å². The second kappa shape index (κ2) is 10.5. The summed E-state index contributed by atoms with van der Waals surface area (Å²) in [6, 6.07) is 6.57. The number of ether oxygens (including phenoxy) is 2. The molecule has 0 spiro atoms. The lowest BCUT2D eigenvalue weighted by molar-refractivity contribution is -0.129. The predicted molar refractivity (Wildman–Crippen MR) is 146 cm³/mol. The number of hydrogen-bond donors (Lipinski definition) is 2. The van der Waals surface area contributed by atoms with Crippen LogP contribution in [0, 0.1) is 6.92 Å². The minimum Gasteiger partial charge on any atom is -0.488 e. The van der Waals surface area contributed by atoms with Crippen molar-refractivity contribution in [1.82, 2.24) is 20.5 Å². The first kappa shape index (κ1) is 25.7. The van der Waals surface area contributed by atoms with Crippen LogP contribution in [0.15, 0.2) is 48.1 Å². The third-order valence-corrected chi connectivity index (χ3v) is 8.91. The number of carbonyl (C=O) groups is 3. The summed E-state index contributed by atoms with van der Waals surface area (Å²) in [5.74, 6) is 0.437. The maximum atomic E-state index is 13.5. The number of likely N-dealkylation sites (tertiary alicyclic amines) is 1. The Labute approximate surface area is 231 Å². The molecular weight excluding hydrogens is 518 g/mol. The first-order chi connectivity index (χ1) is 18.9. The molecule has 4 aliphatic rings. The van der Waals surface area contributed by atoms with Gasteiger partial charge in [-0.3, -0.25) is 14.5 Å². The second-order valence-electron chi connectivity index (χ2n) is 10.2. The van der Waals surface area contributed by atoms with E-state index in [2.05, 4.69) is 22.2 Å². The van der Waals surface area contributed by atoms with Crippen LogP contribution < -0.4 is 20.3 Å². The molecule has 1 aromatic heterocycles. The van der Waals surface area contributed by atoms with Crippen LogP contribution in [0.4, 0.5) is 16.2 Å². The van der Waals surface area contributed by atoms with Crippen molar-refractivity contribution in [2.45, 2.75) is 54.6 Å². The van der Waals surface area contributed by atoms with Crippen LogP contribution >= 0.6 is 11.8 Å². The highest BCUT2D eigenvalue weighted by Crippen LogP contribution is 2.51. The molecule has 11 heteroatoms. The minimum absolute atomic E-state index is 0.0389. The van der Waals surface area contributed by atoms with Gasteiger partial charge in [0.15, 0.2) is 0 Å². The summed E-state index contributed by atoms with van der Waals surface area (Å²) in [7, 11) is 0. The van der Waals surface area contributed by atoms with Gasteiger partial charge in [-0.05, 0) is 55.7 Å². The minimum atomic E-state index is -0.560. The second-order valence-corrected chi connectivity index (χ2v) is 11.4. The lowest BCUT2D eigenvalue weighted by Gasteiger charge is -2.36. The van der Waals surface area contributed by atoms with E-state index in [-0.39, 0.29) is 30.0 Å². The highest BCUT2D eigenvalue weighted by Gasteiger charge is 2.47. The maximum Gasteiger partial charge on any atom is 0.327 e. The van der Waals surface area contributed by atoms with E-state index < -0.39 is 11.3 Å². The number of pyridine rings is 1. The highest BCUT2D eigenvalue weighted by molar-refractivity contribution is 8.01. The van der Waals surface area contributed by atoms with Gasteiger partial charge in [-0.15, -0.1) is 0 Å². The van der Waals surface area contributed by atoms with Crippen LogP contribution in [0.5, 0.6) is 5.75 Å². The molecule has 0 saturated carbocycles. The maximum absolute atomic E-state index is 13.5. The molecule has 0 aliphatic carbocycles. The van der Waals surface area contributed by atoms with E-state index in [0.717, 1.165) is 52.5 Å². The smallest absolute Gasteiger partial charge is 0.327 e. The van der Waals surface area contributed by atoms with Gasteiger partial charge < -0.3 is 25.0 Å². The van der Waals surface area contributed by atoms with Crippen molar-refractivity contribution in [1.29, 1.82) is 0 Å². The Kier molecular flexibility index (Phi) is 6.94. The highest BCUT2D eigenvalue weighted by atomic mass is 32.2. The summed E-state index contributed by atoms with van der Waals surface area (Å²) >= 11 is 1.36. The third kappa shape index (κ3) is 4.85. The average molecular weight is 550 g/mol. The predicted octanol–water partition coefficient (Wildman–Crippen LogP) is 3.23. The lowest BCUT2D eigenvalue weighted by Crippen LogP contribution is -2.53. The average Bonchev–Trinajstić information content (AvgIpc) is 3.58. The molecule has 1 aromatic carbocycles. The number of aryl methyl sites for hydroxylation is 1. The van der Waals surface area contributed by atoms with Crippen molar-refractivity contribution < 1.29 is 23.9 Å². The van der Waals surface area contributed by atoms with Crippen molar-refractivity contribution >= 4 is 41.0 Å². The largest absolute Gasteiger partial charge is 0.488 e. The molecule has 4 aliphatic heterocycles. The van der Waals surface area contributed by atoms with Gasteiger partial charge in [0.1, 0.15) is 22.1 Å². The van der Waals surface area contributed by atoms with Crippen molar-refractivity contribution in [3.05, 3.63) is 54.2 Å². The number of urea groups is 1. The van der Waals surface area contributed by atoms with E-state index in [9.17, 15) is 14.4 Å². The number of piperidine rings is 1. The van der Waals surface area contributed by atoms with Crippen LogP contribution in [0.2, 0.25) is 0 Å². The summed E-state index contributed by atoms with van der Waals surface area (Å²) in [6.07, 6.45) is 5.47. The van der Waals surface area contributed by atoms with E-state index in [4.69, 9.17) is 9.47 Å². The fraction of sp³-hybridized carbons (Fsp3) is 0.429. The molecule has 0 radical (unpaired) electrons. The number of rotatable bonds is 6. The number of aromatic nitrogens is 1. The summed E-state index contributed by atoms with van der Waals surface area (Å²) in [6.45, 7) is 7.90. The van der Waals surface area contributed by atoms with Gasteiger partial charge >= 0.3 is 6.03 Å². The zero-order valence-corrected chi connectivity index (χ0v) is 22.5. The first-order valence-electron chi connectivity index (χ1n) is 13.3. The van der Waals surface area contributed by atoms with Crippen LogP contribution in [0.1, 0.15) is 36.4 Å². The van der Waals surface area contributed by atoms with Crippen molar-refractivity contribution in [2.75, 3.05) is 31.2 Å². The molecular formula is C28H31N5O5S. The molecule has 204 valence electrons. The number of benzene rings is 1. The van der Waals surface area contributed by atoms with Crippen LogP contribution in [-0.4, -0.2) is 71.4 Å². The van der Waals surface area contributed by atoms with Crippen molar-refractivity contribution in [2.24, 2.45) is 0 Å². The Bertz CT molecular complexity index is 1330.